The molecular formula is C17H19I. The van der Waals surface area contributed by atoms with E-state index in [1.54, 1.807) is 0 Å². The third-order valence-corrected chi connectivity index (χ3v) is 4.56. The molecule has 1 heteroatoms. The van der Waals surface area contributed by atoms with Crippen molar-refractivity contribution in [2.24, 2.45) is 0 Å². The lowest BCUT2D eigenvalue weighted by molar-refractivity contribution is 0.857. The molecule has 0 spiro atoms. The maximum atomic E-state index is 2.40. The van der Waals surface area contributed by atoms with Gasteiger partial charge in [0.25, 0.3) is 0 Å². The summed E-state index contributed by atoms with van der Waals surface area (Å²) >= 11 is 2.40. The Morgan fingerprint density at radius 1 is 0.833 bits per heavy atom. The lowest BCUT2D eigenvalue weighted by Gasteiger charge is -2.12. The van der Waals surface area contributed by atoms with Gasteiger partial charge in [0, 0.05) is 3.57 Å². The van der Waals surface area contributed by atoms with E-state index in [1.807, 2.05) is 0 Å². The van der Waals surface area contributed by atoms with Crippen LogP contribution in [0.5, 0.6) is 0 Å². The minimum Gasteiger partial charge on any atom is -0.0587 e. The van der Waals surface area contributed by atoms with E-state index in [1.165, 1.54) is 31.4 Å². The largest absolute Gasteiger partial charge is 0.0587 e. The molecule has 94 valence electrons. The highest BCUT2D eigenvalue weighted by atomic mass is 127. The second-order valence-electron chi connectivity index (χ2n) is 5.19. The van der Waals surface area contributed by atoms with E-state index < -0.39 is 0 Å². The number of rotatable bonds is 2. The van der Waals surface area contributed by atoms with Crippen LogP contribution in [-0.2, 0) is 0 Å². The van der Waals surface area contributed by atoms with Crippen molar-refractivity contribution < 1.29 is 0 Å². The zero-order valence-electron chi connectivity index (χ0n) is 11.4. The maximum absolute atomic E-state index is 2.40. The molecule has 0 heterocycles. The molecular weight excluding hydrogens is 331 g/mol. The summed E-state index contributed by atoms with van der Waals surface area (Å²) in [5, 5.41) is 0. The van der Waals surface area contributed by atoms with E-state index in [9.17, 15) is 0 Å². The minimum atomic E-state index is 0.595. The van der Waals surface area contributed by atoms with E-state index in [0.717, 1.165) is 0 Å². The molecule has 0 bridgehead atoms. The first-order valence-electron chi connectivity index (χ1n) is 6.36. The van der Waals surface area contributed by atoms with Crippen LogP contribution < -0.4 is 0 Å². The molecule has 0 atom stereocenters. The minimum absolute atomic E-state index is 0.595. The highest BCUT2D eigenvalue weighted by Crippen LogP contribution is 2.27. The molecule has 0 saturated heterocycles. The van der Waals surface area contributed by atoms with Crippen molar-refractivity contribution in [3.8, 4) is 11.1 Å². The Labute approximate surface area is 124 Å². The number of benzene rings is 2. The first kappa shape index (κ1) is 13.6. The summed E-state index contributed by atoms with van der Waals surface area (Å²) in [6, 6.07) is 13.5. The quantitative estimate of drug-likeness (QED) is 0.610. The van der Waals surface area contributed by atoms with E-state index in [-0.39, 0.29) is 0 Å². The normalized spacial score (nSPS) is 11.0. The molecule has 2 rings (SSSR count). The zero-order chi connectivity index (χ0) is 13.3. The van der Waals surface area contributed by atoms with Gasteiger partial charge in [-0.2, -0.15) is 0 Å². The van der Waals surface area contributed by atoms with Crippen molar-refractivity contribution >= 4 is 22.6 Å². The highest BCUT2D eigenvalue weighted by Gasteiger charge is 2.06. The Kier molecular flexibility index (Phi) is 4.10. The van der Waals surface area contributed by atoms with Crippen LogP contribution in [0.1, 0.15) is 36.5 Å². The van der Waals surface area contributed by atoms with Crippen LogP contribution in [0.4, 0.5) is 0 Å². The summed E-state index contributed by atoms with van der Waals surface area (Å²) in [4.78, 5) is 0. The average molecular weight is 350 g/mol. The summed E-state index contributed by atoms with van der Waals surface area (Å²) in [5.74, 6) is 0.595. The molecule has 0 N–H and O–H groups in total. The summed E-state index contributed by atoms with van der Waals surface area (Å²) in [6.07, 6.45) is 0. The zero-order valence-corrected chi connectivity index (χ0v) is 13.6. The first-order valence-corrected chi connectivity index (χ1v) is 7.44. The van der Waals surface area contributed by atoms with Gasteiger partial charge in [-0.05, 0) is 76.2 Å². The van der Waals surface area contributed by atoms with Crippen LogP contribution in [0.2, 0.25) is 0 Å². The molecule has 0 aliphatic carbocycles. The van der Waals surface area contributed by atoms with Crippen molar-refractivity contribution in [1.82, 2.24) is 0 Å². The molecule has 0 aliphatic rings. The van der Waals surface area contributed by atoms with Crippen LogP contribution >= 0.6 is 22.6 Å². The monoisotopic (exact) mass is 350 g/mol. The molecule has 2 aromatic rings. The summed E-state index contributed by atoms with van der Waals surface area (Å²) in [6.45, 7) is 8.85. The molecule has 0 aliphatic heterocycles. The Hall–Kier alpha value is -0.830. The fourth-order valence-corrected chi connectivity index (χ4v) is 2.79. The molecule has 0 aromatic heterocycles. The number of hydrogen-bond acceptors (Lipinski definition) is 0. The van der Waals surface area contributed by atoms with Gasteiger partial charge in [-0.15, -0.1) is 0 Å². The van der Waals surface area contributed by atoms with Crippen molar-refractivity contribution in [3.05, 3.63) is 56.7 Å². The van der Waals surface area contributed by atoms with Gasteiger partial charge in [-0.1, -0.05) is 44.2 Å². The molecule has 0 amide bonds. The Bertz CT molecular complexity index is 568. The number of aryl methyl sites for hydroxylation is 2. The van der Waals surface area contributed by atoms with Crippen LogP contribution in [0.15, 0.2) is 36.4 Å². The molecule has 18 heavy (non-hydrogen) atoms. The second kappa shape index (κ2) is 5.43. The van der Waals surface area contributed by atoms with Crippen molar-refractivity contribution in [1.29, 1.82) is 0 Å². The van der Waals surface area contributed by atoms with Crippen LogP contribution in [-0.4, -0.2) is 0 Å². The summed E-state index contributed by atoms with van der Waals surface area (Å²) in [5.41, 5.74) is 6.80. The van der Waals surface area contributed by atoms with Gasteiger partial charge in [0.15, 0.2) is 0 Å². The van der Waals surface area contributed by atoms with Crippen molar-refractivity contribution in [3.63, 3.8) is 0 Å². The molecule has 0 radical (unpaired) electrons. The molecule has 2 aromatic carbocycles. The standard InChI is InChI=1S/C17H19I/c1-11(2)16-8-7-14(9-13(16)4)15-6-5-12(3)17(18)10-15/h5-11H,1-4H3. The number of halogens is 1. The highest BCUT2D eigenvalue weighted by molar-refractivity contribution is 14.1. The maximum Gasteiger partial charge on any atom is 0.0165 e. The van der Waals surface area contributed by atoms with E-state index >= 15 is 0 Å². The Balaban J connectivity index is 2.45. The predicted octanol–water partition coefficient (Wildman–Crippen LogP) is 5.70. The van der Waals surface area contributed by atoms with Crippen LogP contribution in [0.3, 0.4) is 0 Å². The molecule has 0 saturated carbocycles. The second-order valence-corrected chi connectivity index (χ2v) is 6.35. The van der Waals surface area contributed by atoms with Crippen molar-refractivity contribution in [2.75, 3.05) is 0 Å². The van der Waals surface area contributed by atoms with E-state index in [4.69, 9.17) is 0 Å². The van der Waals surface area contributed by atoms with Gasteiger partial charge in [0.1, 0.15) is 0 Å². The van der Waals surface area contributed by atoms with Crippen molar-refractivity contribution in [2.45, 2.75) is 33.6 Å². The van der Waals surface area contributed by atoms with Gasteiger partial charge < -0.3 is 0 Å². The number of hydrogen-bond donors (Lipinski definition) is 0. The summed E-state index contributed by atoms with van der Waals surface area (Å²) in [7, 11) is 0. The molecule has 0 unspecified atom stereocenters. The van der Waals surface area contributed by atoms with Gasteiger partial charge in [-0.25, -0.2) is 0 Å². The van der Waals surface area contributed by atoms with Gasteiger partial charge in [0.2, 0.25) is 0 Å². The Morgan fingerprint density at radius 3 is 2.00 bits per heavy atom. The smallest absolute Gasteiger partial charge is 0.0165 e. The van der Waals surface area contributed by atoms with Crippen LogP contribution in [0, 0.1) is 17.4 Å². The van der Waals surface area contributed by atoms with Gasteiger partial charge >= 0.3 is 0 Å². The van der Waals surface area contributed by atoms with E-state index in [2.05, 4.69) is 86.7 Å². The molecule has 0 nitrogen and oxygen atoms in total. The fourth-order valence-electron chi connectivity index (χ4n) is 2.28. The van der Waals surface area contributed by atoms with Gasteiger partial charge in [0.05, 0.1) is 0 Å². The van der Waals surface area contributed by atoms with Gasteiger partial charge in [-0.3, -0.25) is 0 Å². The molecule has 0 fully saturated rings. The Morgan fingerprint density at radius 2 is 1.44 bits per heavy atom. The predicted molar refractivity (Wildman–Crippen MR) is 88.2 cm³/mol. The lowest BCUT2D eigenvalue weighted by Crippen LogP contribution is -1.92. The van der Waals surface area contributed by atoms with E-state index in [0.29, 0.717) is 5.92 Å². The lowest BCUT2D eigenvalue weighted by atomic mass is 9.94. The third-order valence-electron chi connectivity index (χ3n) is 3.40. The van der Waals surface area contributed by atoms with Crippen LogP contribution in [0.25, 0.3) is 11.1 Å². The summed E-state index contributed by atoms with van der Waals surface area (Å²) < 4.78 is 1.33. The fraction of sp³-hybridized carbons (Fsp3) is 0.294. The topological polar surface area (TPSA) is 0 Å². The SMILES string of the molecule is Cc1ccc(-c2ccc(C(C)C)c(C)c2)cc1I. The first-order chi connectivity index (χ1) is 8.49. The third kappa shape index (κ3) is 2.77. The average Bonchev–Trinajstić information content (AvgIpc) is 2.32.